The number of pyridine rings is 1. The SMILES string of the molecule is O=P(C1=CCCC=C1)(c1ccccc1)c1ccncc1. The second kappa shape index (κ2) is 5.60. The number of allylic oxidation sites excluding steroid dienone is 4. The van der Waals surface area contributed by atoms with Gasteiger partial charge < -0.3 is 4.57 Å². The van der Waals surface area contributed by atoms with E-state index in [0.717, 1.165) is 28.8 Å². The van der Waals surface area contributed by atoms with Gasteiger partial charge in [-0.05, 0) is 25.0 Å². The number of hydrogen-bond donors (Lipinski definition) is 0. The average molecular weight is 281 g/mol. The van der Waals surface area contributed by atoms with E-state index in [1.54, 1.807) is 12.4 Å². The molecule has 3 rings (SSSR count). The summed E-state index contributed by atoms with van der Waals surface area (Å²) in [6, 6.07) is 13.4. The molecule has 0 saturated heterocycles. The summed E-state index contributed by atoms with van der Waals surface area (Å²) in [5, 5.41) is 2.65. The van der Waals surface area contributed by atoms with Crippen LogP contribution in [0.5, 0.6) is 0 Å². The van der Waals surface area contributed by atoms with Gasteiger partial charge in [-0.15, -0.1) is 0 Å². The van der Waals surface area contributed by atoms with E-state index in [0.29, 0.717) is 0 Å². The van der Waals surface area contributed by atoms with Crippen molar-refractivity contribution in [3.05, 3.63) is 78.4 Å². The van der Waals surface area contributed by atoms with Crippen LogP contribution >= 0.6 is 7.14 Å². The molecule has 0 fully saturated rings. The molecule has 1 aliphatic rings. The summed E-state index contributed by atoms with van der Waals surface area (Å²) in [5.41, 5.74) is 0. The van der Waals surface area contributed by atoms with Crippen molar-refractivity contribution in [1.29, 1.82) is 0 Å². The van der Waals surface area contributed by atoms with Crippen molar-refractivity contribution < 1.29 is 4.57 Å². The van der Waals surface area contributed by atoms with Crippen molar-refractivity contribution in [2.45, 2.75) is 12.8 Å². The molecule has 0 spiro atoms. The van der Waals surface area contributed by atoms with Crippen LogP contribution in [0, 0.1) is 0 Å². The Morgan fingerprint density at radius 3 is 2.25 bits per heavy atom. The van der Waals surface area contributed by atoms with Gasteiger partial charge in [-0.1, -0.05) is 48.6 Å². The highest BCUT2D eigenvalue weighted by molar-refractivity contribution is 7.82. The minimum Gasteiger partial charge on any atom is -0.309 e. The minimum atomic E-state index is -2.77. The van der Waals surface area contributed by atoms with Crippen LogP contribution in [0.1, 0.15) is 12.8 Å². The van der Waals surface area contributed by atoms with Crippen LogP contribution in [-0.4, -0.2) is 4.98 Å². The molecule has 1 aliphatic carbocycles. The number of rotatable bonds is 3. The fourth-order valence-corrected chi connectivity index (χ4v) is 5.21. The lowest BCUT2D eigenvalue weighted by molar-refractivity contribution is 0.591. The van der Waals surface area contributed by atoms with Crippen LogP contribution in [0.3, 0.4) is 0 Å². The van der Waals surface area contributed by atoms with Gasteiger partial charge in [0.15, 0.2) is 7.14 Å². The molecular weight excluding hydrogens is 265 g/mol. The maximum atomic E-state index is 13.8. The Balaban J connectivity index is 2.21. The molecule has 1 atom stereocenters. The molecule has 0 saturated carbocycles. The first-order valence-electron chi connectivity index (χ1n) is 6.75. The molecule has 1 aromatic heterocycles. The van der Waals surface area contributed by atoms with E-state index >= 15 is 0 Å². The van der Waals surface area contributed by atoms with E-state index in [-0.39, 0.29) is 0 Å². The third-order valence-electron chi connectivity index (χ3n) is 3.49. The summed E-state index contributed by atoms with van der Waals surface area (Å²) < 4.78 is 13.8. The number of aromatic nitrogens is 1. The molecule has 0 N–H and O–H groups in total. The van der Waals surface area contributed by atoms with E-state index in [1.165, 1.54) is 0 Å². The molecule has 0 aliphatic heterocycles. The molecule has 0 amide bonds. The molecule has 1 heterocycles. The summed E-state index contributed by atoms with van der Waals surface area (Å²) in [6.07, 6.45) is 11.6. The molecule has 2 aromatic rings. The third-order valence-corrected chi connectivity index (χ3v) is 6.59. The third kappa shape index (κ3) is 2.28. The van der Waals surface area contributed by atoms with Crippen LogP contribution in [-0.2, 0) is 4.57 Å². The first-order valence-corrected chi connectivity index (χ1v) is 8.46. The first kappa shape index (κ1) is 13.1. The van der Waals surface area contributed by atoms with Crippen LogP contribution in [0.2, 0.25) is 0 Å². The summed E-state index contributed by atoms with van der Waals surface area (Å²) in [7, 11) is -2.77. The van der Waals surface area contributed by atoms with E-state index in [2.05, 4.69) is 17.1 Å². The van der Waals surface area contributed by atoms with Gasteiger partial charge >= 0.3 is 0 Å². The van der Waals surface area contributed by atoms with Gasteiger partial charge in [0.05, 0.1) is 0 Å². The zero-order chi connectivity index (χ0) is 13.8. The Morgan fingerprint density at radius 1 is 0.900 bits per heavy atom. The minimum absolute atomic E-state index is 0.844. The van der Waals surface area contributed by atoms with Crippen molar-refractivity contribution in [2.75, 3.05) is 0 Å². The highest BCUT2D eigenvalue weighted by atomic mass is 31.2. The molecule has 100 valence electrons. The Kier molecular flexibility index (Phi) is 3.66. The average Bonchev–Trinajstić information content (AvgIpc) is 2.56. The molecule has 0 radical (unpaired) electrons. The van der Waals surface area contributed by atoms with Crippen molar-refractivity contribution in [3.8, 4) is 0 Å². The summed E-state index contributed by atoms with van der Waals surface area (Å²) >= 11 is 0. The first-order chi connectivity index (χ1) is 9.82. The quantitative estimate of drug-likeness (QED) is 0.804. The van der Waals surface area contributed by atoms with Gasteiger partial charge in [-0.3, -0.25) is 4.98 Å². The predicted molar refractivity (Wildman–Crippen MR) is 84.0 cm³/mol. The Hall–Kier alpha value is -1.92. The maximum absolute atomic E-state index is 13.8. The van der Waals surface area contributed by atoms with Crippen LogP contribution in [0.4, 0.5) is 0 Å². The molecule has 1 aromatic carbocycles. The van der Waals surface area contributed by atoms with Gasteiger partial charge in [-0.25, -0.2) is 0 Å². The fraction of sp³-hybridized carbons (Fsp3) is 0.118. The smallest absolute Gasteiger partial charge is 0.170 e. The predicted octanol–water partition coefficient (Wildman–Crippen LogP) is 3.63. The van der Waals surface area contributed by atoms with E-state index in [4.69, 9.17) is 0 Å². The van der Waals surface area contributed by atoms with Gasteiger partial charge in [-0.2, -0.15) is 0 Å². The van der Waals surface area contributed by atoms with Crippen molar-refractivity contribution in [1.82, 2.24) is 4.98 Å². The summed E-state index contributed by atoms with van der Waals surface area (Å²) in [6.45, 7) is 0. The largest absolute Gasteiger partial charge is 0.309 e. The molecule has 20 heavy (non-hydrogen) atoms. The normalized spacial score (nSPS) is 17.3. The number of benzene rings is 1. The van der Waals surface area contributed by atoms with Gasteiger partial charge in [0.2, 0.25) is 0 Å². The van der Waals surface area contributed by atoms with E-state index < -0.39 is 7.14 Å². The molecule has 3 heteroatoms. The van der Waals surface area contributed by atoms with Crippen molar-refractivity contribution in [3.63, 3.8) is 0 Å². The van der Waals surface area contributed by atoms with Gasteiger partial charge in [0.25, 0.3) is 0 Å². The summed E-state index contributed by atoms with van der Waals surface area (Å²) in [5.74, 6) is 0. The second-order valence-corrected chi connectivity index (χ2v) is 7.53. The number of hydrogen-bond acceptors (Lipinski definition) is 2. The topological polar surface area (TPSA) is 30.0 Å². The maximum Gasteiger partial charge on any atom is 0.170 e. The monoisotopic (exact) mass is 281 g/mol. The second-order valence-electron chi connectivity index (χ2n) is 4.76. The van der Waals surface area contributed by atoms with Crippen LogP contribution in [0.15, 0.2) is 78.4 Å². The fourth-order valence-electron chi connectivity index (χ4n) is 2.47. The lowest BCUT2D eigenvalue weighted by Gasteiger charge is -2.22. The van der Waals surface area contributed by atoms with Crippen LogP contribution in [0.25, 0.3) is 0 Å². The molecule has 2 nitrogen and oxygen atoms in total. The van der Waals surface area contributed by atoms with Crippen molar-refractivity contribution in [2.24, 2.45) is 0 Å². The molecule has 1 unspecified atom stereocenters. The zero-order valence-electron chi connectivity index (χ0n) is 11.1. The van der Waals surface area contributed by atoms with Gasteiger partial charge in [0.1, 0.15) is 0 Å². The Morgan fingerprint density at radius 2 is 1.60 bits per heavy atom. The summed E-state index contributed by atoms with van der Waals surface area (Å²) in [4.78, 5) is 4.04. The lowest BCUT2D eigenvalue weighted by Crippen LogP contribution is -2.17. The Labute approximate surface area is 119 Å². The highest BCUT2D eigenvalue weighted by Gasteiger charge is 2.30. The Bertz CT molecular complexity index is 646. The van der Waals surface area contributed by atoms with Crippen LogP contribution < -0.4 is 10.6 Å². The molecular formula is C17H16NOP. The number of nitrogens with zero attached hydrogens (tertiary/aromatic N) is 1. The molecule has 0 bridgehead atoms. The highest BCUT2D eigenvalue weighted by Crippen LogP contribution is 2.53. The van der Waals surface area contributed by atoms with Gasteiger partial charge in [0, 0.05) is 28.3 Å². The van der Waals surface area contributed by atoms with Crippen molar-refractivity contribution >= 4 is 17.8 Å². The lowest BCUT2D eigenvalue weighted by atomic mass is 10.2. The standard InChI is InChI=1S/C17H16NOP/c19-20(15-7-3-1-4-8-15,16-9-5-2-6-10-16)17-11-13-18-14-12-17/h1,3-5,7-14H,2,6H2. The van der Waals surface area contributed by atoms with E-state index in [1.807, 2.05) is 48.5 Å². The van der Waals surface area contributed by atoms with E-state index in [9.17, 15) is 4.57 Å². The zero-order valence-corrected chi connectivity index (χ0v) is 12.0.